The molecule has 1 N–H and O–H groups in total. The molecule has 1 aromatic rings. The first-order valence-electron chi connectivity index (χ1n) is 7.07. The van der Waals surface area contributed by atoms with Gasteiger partial charge in [0.15, 0.2) is 5.69 Å². The summed E-state index contributed by atoms with van der Waals surface area (Å²) in [5, 5.41) is 10.8. The second-order valence-corrected chi connectivity index (χ2v) is 4.85. The first-order chi connectivity index (χ1) is 9.29. The van der Waals surface area contributed by atoms with Crippen molar-refractivity contribution in [2.75, 3.05) is 6.61 Å². The van der Waals surface area contributed by atoms with Gasteiger partial charge in [-0.05, 0) is 25.8 Å². The van der Waals surface area contributed by atoms with E-state index in [2.05, 4.69) is 15.5 Å². The second kappa shape index (κ2) is 7.07. The smallest absolute Gasteiger partial charge is 0.272 e. The van der Waals surface area contributed by atoms with Crippen LogP contribution in [0, 0.1) is 0 Å². The van der Waals surface area contributed by atoms with Crippen molar-refractivity contribution in [1.29, 1.82) is 0 Å². The highest BCUT2D eigenvalue weighted by Crippen LogP contribution is 2.17. The van der Waals surface area contributed by atoms with Crippen LogP contribution >= 0.6 is 0 Å². The molecule has 1 heterocycles. The van der Waals surface area contributed by atoms with Crippen LogP contribution in [0.1, 0.15) is 55.9 Å². The number of aromatic nitrogens is 2. The molecule has 0 spiro atoms. The lowest BCUT2D eigenvalue weighted by atomic mass is 10.1. The summed E-state index contributed by atoms with van der Waals surface area (Å²) in [5.74, 6) is 0.316. The van der Waals surface area contributed by atoms with Crippen molar-refractivity contribution in [3.63, 3.8) is 0 Å². The van der Waals surface area contributed by atoms with Crippen LogP contribution in [-0.2, 0) is 0 Å². The molecule has 0 aromatic carbocycles. The average molecular weight is 263 g/mol. The van der Waals surface area contributed by atoms with Crippen molar-refractivity contribution < 1.29 is 9.53 Å². The Hall–Kier alpha value is -1.65. The molecule has 1 aliphatic rings. The first-order valence-corrected chi connectivity index (χ1v) is 7.07. The van der Waals surface area contributed by atoms with Crippen LogP contribution in [0.2, 0.25) is 0 Å². The predicted molar refractivity (Wildman–Crippen MR) is 72.2 cm³/mol. The maximum atomic E-state index is 12.0. The predicted octanol–water partition coefficient (Wildman–Crippen LogP) is 2.33. The normalized spacial score (nSPS) is 16.7. The van der Waals surface area contributed by atoms with Gasteiger partial charge in [-0.15, -0.1) is 10.2 Å². The summed E-state index contributed by atoms with van der Waals surface area (Å²) >= 11 is 0. The van der Waals surface area contributed by atoms with Crippen molar-refractivity contribution in [2.45, 2.75) is 51.5 Å². The zero-order valence-electron chi connectivity index (χ0n) is 11.4. The maximum absolute atomic E-state index is 12.0. The van der Waals surface area contributed by atoms with Crippen LogP contribution in [0.5, 0.6) is 5.88 Å². The van der Waals surface area contributed by atoms with E-state index >= 15 is 0 Å². The molecule has 1 fully saturated rings. The second-order valence-electron chi connectivity index (χ2n) is 4.85. The minimum absolute atomic E-state index is 0.137. The van der Waals surface area contributed by atoms with E-state index in [-0.39, 0.29) is 11.9 Å². The van der Waals surface area contributed by atoms with Gasteiger partial charge in [0.25, 0.3) is 5.91 Å². The van der Waals surface area contributed by atoms with Gasteiger partial charge in [0.2, 0.25) is 5.88 Å². The highest BCUT2D eigenvalue weighted by atomic mass is 16.5. The Morgan fingerprint density at radius 2 is 2.00 bits per heavy atom. The highest BCUT2D eigenvalue weighted by Gasteiger charge is 2.16. The average Bonchev–Trinajstić information content (AvgIpc) is 2.68. The molecular formula is C14H21N3O2. The minimum atomic E-state index is -0.137. The van der Waals surface area contributed by atoms with E-state index in [1.165, 1.54) is 25.7 Å². The largest absolute Gasteiger partial charge is 0.477 e. The lowest BCUT2D eigenvalue weighted by molar-refractivity contribution is 0.0927. The van der Waals surface area contributed by atoms with Crippen molar-refractivity contribution in [3.8, 4) is 5.88 Å². The van der Waals surface area contributed by atoms with Crippen molar-refractivity contribution >= 4 is 5.91 Å². The Balaban J connectivity index is 1.91. The highest BCUT2D eigenvalue weighted by molar-refractivity contribution is 5.92. The number of rotatable bonds is 4. The summed E-state index contributed by atoms with van der Waals surface area (Å²) in [6.45, 7) is 2.43. The molecule has 19 heavy (non-hydrogen) atoms. The molecule has 1 amide bonds. The zero-order chi connectivity index (χ0) is 13.5. The first kappa shape index (κ1) is 13.8. The zero-order valence-corrected chi connectivity index (χ0v) is 11.4. The topological polar surface area (TPSA) is 64.1 Å². The van der Waals surface area contributed by atoms with E-state index in [1.54, 1.807) is 12.1 Å². The lowest BCUT2D eigenvalue weighted by Gasteiger charge is -2.15. The van der Waals surface area contributed by atoms with Crippen molar-refractivity contribution in [2.24, 2.45) is 0 Å². The van der Waals surface area contributed by atoms with Gasteiger partial charge < -0.3 is 10.1 Å². The molecule has 1 aliphatic carbocycles. The van der Waals surface area contributed by atoms with Gasteiger partial charge >= 0.3 is 0 Å². The van der Waals surface area contributed by atoms with E-state index < -0.39 is 0 Å². The number of amides is 1. The molecule has 2 rings (SSSR count). The fourth-order valence-electron chi connectivity index (χ4n) is 2.35. The third kappa shape index (κ3) is 4.19. The van der Waals surface area contributed by atoms with Crippen LogP contribution in [0.25, 0.3) is 0 Å². The van der Waals surface area contributed by atoms with Gasteiger partial charge in [-0.3, -0.25) is 4.79 Å². The molecular weight excluding hydrogens is 242 g/mol. The number of ether oxygens (including phenoxy) is 1. The number of nitrogens with zero attached hydrogens (tertiary/aromatic N) is 2. The summed E-state index contributed by atoms with van der Waals surface area (Å²) in [6.07, 6.45) is 7.07. The van der Waals surface area contributed by atoms with Crippen molar-refractivity contribution in [3.05, 3.63) is 17.8 Å². The third-order valence-electron chi connectivity index (χ3n) is 3.36. The number of hydrogen-bond donors (Lipinski definition) is 1. The number of nitrogens with one attached hydrogen (secondary N) is 1. The molecule has 1 aromatic heterocycles. The van der Waals surface area contributed by atoms with Crippen LogP contribution in [0.4, 0.5) is 0 Å². The molecule has 0 atom stereocenters. The van der Waals surface area contributed by atoms with Gasteiger partial charge in [-0.2, -0.15) is 0 Å². The molecule has 0 saturated heterocycles. The summed E-state index contributed by atoms with van der Waals surface area (Å²) < 4.78 is 5.20. The number of carbonyl (C=O) groups excluding carboxylic acids is 1. The molecule has 1 saturated carbocycles. The van der Waals surface area contributed by atoms with E-state index in [0.717, 1.165) is 12.8 Å². The van der Waals surface area contributed by atoms with Crippen LogP contribution in [-0.4, -0.2) is 28.8 Å². The van der Waals surface area contributed by atoms with Gasteiger partial charge in [-0.25, -0.2) is 0 Å². The Bertz CT molecular complexity index is 398. The van der Waals surface area contributed by atoms with Crippen molar-refractivity contribution in [1.82, 2.24) is 15.5 Å². The van der Waals surface area contributed by atoms with Crippen LogP contribution in [0.3, 0.4) is 0 Å². The summed E-state index contributed by atoms with van der Waals surface area (Å²) in [4.78, 5) is 12.0. The fourth-order valence-corrected chi connectivity index (χ4v) is 2.35. The fraction of sp³-hybridized carbons (Fsp3) is 0.643. The number of hydrogen-bond acceptors (Lipinski definition) is 4. The van der Waals surface area contributed by atoms with Crippen LogP contribution < -0.4 is 10.1 Å². The Morgan fingerprint density at radius 1 is 1.26 bits per heavy atom. The van der Waals surface area contributed by atoms with Gasteiger partial charge in [0, 0.05) is 12.1 Å². The summed E-state index contributed by atoms with van der Waals surface area (Å²) in [7, 11) is 0. The quantitative estimate of drug-likeness (QED) is 0.847. The maximum Gasteiger partial charge on any atom is 0.272 e. The third-order valence-corrected chi connectivity index (χ3v) is 3.36. The monoisotopic (exact) mass is 263 g/mol. The summed E-state index contributed by atoms with van der Waals surface area (Å²) in [5.41, 5.74) is 0.354. The van der Waals surface area contributed by atoms with E-state index in [9.17, 15) is 4.79 Å². The van der Waals surface area contributed by atoms with Gasteiger partial charge in [0.1, 0.15) is 0 Å². The van der Waals surface area contributed by atoms with Crippen LogP contribution in [0.15, 0.2) is 12.1 Å². The molecule has 0 bridgehead atoms. The minimum Gasteiger partial charge on any atom is -0.477 e. The van der Waals surface area contributed by atoms with E-state index in [4.69, 9.17) is 4.74 Å². The summed E-state index contributed by atoms with van der Waals surface area (Å²) in [6, 6.07) is 3.62. The van der Waals surface area contributed by atoms with Gasteiger partial charge in [-0.1, -0.05) is 25.7 Å². The molecule has 104 valence electrons. The van der Waals surface area contributed by atoms with E-state index in [1.807, 2.05) is 6.92 Å². The Morgan fingerprint density at radius 3 is 2.58 bits per heavy atom. The molecule has 0 aliphatic heterocycles. The van der Waals surface area contributed by atoms with E-state index in [0.29, 0.717) is 18.2 Å². The molecule has 5 nitrogen and oxygen atoms in total. The lowest BCUT2D eigenvalue weighted by Crippen LogP contribution is -2.35. The molecule has 5 heteroatoms. The Kier molecular flexibility index (Phi) is 5.12. The standard InChI is InChI=1S/C14H21N3O2/c1-2-19-13-10-9-12(16-17-13)14(18)15-11-7-5-3-4-6-8-11/h9-11H,2-8H2,1H3,(H,15,18). The SMILES string of the molecule is CCOc1ccc(C(=O)NC2CCCCCC2)nn1. The Labute approximate surface area is 113 Å². The number of carbonyl (C=O) groups is 1. The molecule has 0 radical (unpaired) electrons. The van der Waals surface area contributed by atoms with Gasteiger partial charge in [0.05, 0.1) is 6.61 Å². The molecule has 0 unspecified atom stereocenters.